The number of amides is 2. The highest BCUT2D eigenvalue weighted by Gasteiger charge is 2.12. The molecule has 0 unspecified atom stereocenters. The van der Waals surface area contributed by atoms with Gasteiger partial charge in [-0.05, 0) is 36.4 Å². The molecule has 3 aromatic rings. The number of thiazole rings is 1. The lowest BCUT2D eigenvalue weighted by atomic mass is 10.2. The van der Waals surface area contributed by atoms with Gasteiger partial charge in [0.25, 0.3) is 5.91 Å². The fourth-order valence-electron chi connectivity index (χ4n) is 2.27. The minimum Gasteiger partial charge on any atom is -0.452 e. The molecule has 0 aliphatic heterocycles. The van der Waals surface area contributed by atoms with E-state index in [0.29, 0.717) is 16.9 Å². The van der Waals surface area contributed by atoms with Gasteiger partial charge >= 0.3 is 5.97 Å². The van der Waals surface area contributed by atoms with Crippen molar-refractivity contribution in [3.05, 3.63) is 53.5 Å². The van der Waals surface area contributed by atoms with Gasteiger partial charge in [0.2, 0.25) is 5.91 Å². The summed E-state index contributed by atoms with van der Waals surface area (Å²) in [7, 11) is 0. The second-order valence-electron chi connectivity index (χ2n) is 5.42. The first-order chi connectivity index (χ1) is 12.5. The molecule has 0 radical (unpaired) electrons. The Kier molecular flexibility index (Phi) is 5.23. The van der Waals surface area contributed by atoms with Gasteiger partial charge < -0.3 is 15.4 Å². The van der Waals surface area contributed by atoms with E-state index in [1.807, 2.05) is 0 Å². The van der Waals surface area contributed by atoms with Gasteiger partial charge in [0, 0.05) is 18.3 Å². The highest BCUT2D eigenvalue weighted by atomic mass is 32.1. The minimum atomic E-state index is -0.581. The third-order valence-corrected chi connectivity index (χ3v) is 4.16. The number of esters is 1. The Morgan fingerprint density at radius 1 is 1.08 bits per heavy atom. The molecule has 2 aromatic carbocycles. The van der Waals surface area contributed by atoms with E-state index in [9.17, 15) is 14.4 Å². The van der Waals surface area contributed by atoms with E-state index in [1.54, 1.807) is 48.0 Å². The van der Waals surface area contributed by atoms with Gasteiger partial charge in [-0.1, -0.05) is 6.07 Å². The number of nitrogens with zero attached hydrogens (tertiary/aromatic N) is 1. The number of rotatable bonds is 5. The van der Waals surface area contributed by atoms with Gasteiger partial charge in [0.1, 0.15) is 0 Å². The van der Waals surface area contributed by atoms with E-state index < -0.39 is 18.5 Å². The van der Waals surface area contributed by atoms with Crippen LogP contribution in [0.25, 0.3) is 10.2 Å². The van der Waals surface area contributed by atoms with Crippen LogP contribution in [0.1, 0.15) is 17.3 Å². The lowest BCUT2D eigenvalue weighted by molar-refractivity contribution is -0.119. The maximum absolute atomic E-state index is 12.1. The Bertz CT molecular complexity index is 983. The number of carbonyl (C=O) groups excluding carboxylic acids is 3. The summed E-state index contributed by atoms with van der Waals surface area (Å²) in [4.78, 5) is 39.3. The number of hydrogen-bond donors (Lipinski definition) is 2. The maximum Gasteiger partial charge on any atom is 0.338 e. The van der Waals surface area contributed by atoms with Crippen molar-refractivity contribution in [3.63, 3.8) is 0 Å². The van der Waals surface area contributed by atoms with Gasteiger partial charge in [0.05, 0.1) is 21.3 Å². The summed E-state index contributed by atoms with van der Waals surface area (Å²) in [6.07, 6.45) is 0. The number of nitrogens with one attached hydrogen (secondary N) is 2. The molecule has 8 heteroatoms. The number of anilines is 2. The summed E-state index contributed by atoms with van der Waals surface area (Å²) < 4.78 is 5.92. The SMILES string of the molecule is CC(=O)Nc1cccc(NC(=O)COC(=O)c2ccc3ncsc3c2)c1. The molecule has 0 bridgehead atoms. The predicted molar refractivity (Wildman–Crippen MR) is 99.3 cm³/mol. The van der Waals surface area contributed by atoms with Gasteiger partial charge in [-0.3, -0.25) is 9.59 Å². The quantitative estimate of drug-likeness (QED) is 0.674. The average Bonchev–Trinajstić information content (AvgIpc) is 3.07. The summed E-state index contributed by atoms with van der Waals surface area (Å²) in [6.45, 7) is 0.984. The third kappa shape index (κ3) is 4.42. The van der Waals surface area contributed by atoms with Crippen molar-refractivity contribution in [2.75, 3.05) is 17.2 Å². The molecule has 26 heavy (non-hydrogen) atoms. The van der Waals surface area contributed by atoms with Crippen LogP contribution in [0, 0.1) is 0 Å². The molecule has 0 saturated heterocycles. The molecule has 2 N–H and O–H groups in total. The van der Waals surface area contributed by atoms with E-state index >= 15 is 0 Å². The van der Waals surface area contributed by atoms with Crippen LogP contribution in [0.5, 0.6) is 0 Å². The normalized spacial score (nSPS) is 10.3. The Morgan fingerprint density at radius 2 is 1.85 bits per heavy atom. The molecule has 0 aliphatic carbocycles. The van der Waals surface area contributed by atoms with Crippen LogP contribution in [0.4, 0.5) is 11.4 Å². The van der Waals surface area contributed by atoms with E-state index in [-0.39, 0.29) is 5.91 Å². The van der Waals surface area contributed by atoms with E-state index in [1.165, 1.54) is 18.3 Å². The van der Waals surface area contributed by atoms with Crippen LogP contribution < -0.4 is 10.6 Å². The van der Waals surface area contributed by atoms with Crippen LogP contribution in [0.2, 0.25) is 0 Å². The second-order valence-corrected chi connectivity index (χ2v) is 6.31. The first-order valence-corrected chi connectivity index (χ1v) is 8.57. The molecular weight excluding hydrogens is 354 g/mol. The third-order valence-electron chi connectivity index (χ3n) is 3.37. The largest absolute Gasteiger partial charge is 0.452 e. The van der Waals surface area contributed by atoms with Crippen LogP contribution in [0.3, 0.4) is 0 Å². The first-order valence-electron chi connectivity index (χ1n) is 7.69. The summed E-state index contributed by atoms with van der Waals surface area (Å²) >= 11 is 1.42. The summed E-state index contributed by atoms with van der Waals surface area (Å²) in [6, 6.07) is 11.7. The zero-order valence-corrected chi connectivity index (χ0v) is 14.6. The standard InChI is InChI=1S/C18H15N3O4S/c1-11(22)20-13-3-2-4-14(8-13)21-17(23)9-25-18(24)12-5-6-15-16(7-12)26-10-19-15/h2-8,10H,9H2,1H3,(H,20,22)(H,21,23). The molecule has 1 heterocycles. The number of hydrogen-bond acceptors (Lipinski definition) is 6. The van der Waals surface area contributed by atoms with Crippen LogP contribution >= 0.6 is 11.3 Å². The lowest BCUT2D eigenvalue weighted by Gasteiger charge is -2.08. The number of fused-ring (bicyclic) bond motifs is 1. The second kappa shape index (κ2) is 7.75. The minimum absolute atomic E-state index is 0.208. The van der Waals surface area contributed by atoms with Crippen LogP contribution in [0.15, 0.2) is 48.0 Å². The van der Waals surface area contributed by atoms with E-state index in [0.717, 1.165) is 10.2 Å². The number of benzene rings is 2. The molecular formula is C18H15N3O4S. The van der Waals surface area contributed by atoms with Crippen molar-refractivity contribution in [3.8, 4) is 0 Å². The van der Waals surface area contributed by atoms with Crippen molar-refractivity contribution >= 4 is 50.7 Å². The van der Waals surface area contributed by atoms with Crippen molar-refractivity contribution in [1.82, 2.24) is 4.98 Å². The predicted octanol–water partition coefficient (Wildman–Crippen LogP) is 3.05. The molecule has 7 nitrogen and oxygen atoms in total. The van der Waals surface area contributed by atoms with Crippen LogP contribution in [-0.4, -0.2) is 29.4 Å². The van der Waals surface area contributed by atoms with Gasteiger partial charge in [0.15, 0.2) is 6.61 Å². The maximum atomic E-state index is 12.1. The zero-order chi connectivity index (χ0) is 18.5. The number of ether oxygens (including phenoxy) is 1. The van der Waals surface area contributed by atoms with Crippen LogP contribution in [-0.2, 0) is 14.3 Å². The number of carbonyl (C=O) groups is 3. The Morgan fingerprint density at radius 3 is 2.62 bits per heavy atom. The summed E-state index contributed by atoms with van der Waals surface area (Å²) in [5, 5.41) is 5.24. The fourth-order valence-corrected chi connectivity index (χ4v) is 2.99. The summed E-state index contributed by atoms with van der Waals surface area (Å²) in [5.74, 6) is -1.26. The van der Waals surface area contributed by atoms with E-state index in [2.05, 4.69) is 15.6 Å². The van der Waals surface area contributed by atoms with Crippen molar-refractivity contribution in [2.24, 2.45) is 0 Å². The Balaban J connectivity index is 1.56. The monoisotopic (exact) mass is 369 g/mol. The molecule has 132 valence electrons. The summed E-state index contributed by atoms with van der Waals surface area (Å²) in [5.41, 5.74) is 3.92. The van der Waals surface area contributed by atoms with Crippen molar-refractivity contribution in [2.45, 2.75) is 6.92 Å². The number of aromatic nitrogens is 1. The molecule has 2 amide bonds. The Labute approximate surface area is 153 Å². The van der Waals surface area contributed by atoms with Crippen molar-refractivity contribution in [1.29, 1.82) is 0 Å². The molecule has 0 spiro atoms. The topological polar surface area (TPSA) is 97.4 Å². The first kappa shape index (κ1) is 17.6. The Hall–Kier alpha value is -3.26. The molecule has 3 rings (SSSR count). The van der Waals surface area contributed by atoms with Crippen molar-refractivity contribution < 1.29 is 19.1 Å². The van der Waals surface area contributed by atoms with Gasteiger partial charge in [-0.2, -0.15) is 0 Å². The lowest BCUT2D eigenvalue weighted by Crippen LogP contribution is -2.21. The average molecular weight is 369 g/mol. The molecule has 0 aliphatic rings. The molecule has 0 saturated carbocycles. The van der Waals surface area contributed by atoms with Gasteiger partial charge in [-0.15, -0.1) is 11.3 Å². The zero-order valence-electron chi connectivity index (χ0n) is 13.8. The molecule has 1 aromatic heterocycles. The van der Waals surface area contributed by atoms with Gasteiger partial charge in [-0.25, -0.2) is 9.78 Å². The fraction of sp³-hybridized carbons (Fsp3) is 0.111. The smallest absolute Gasteiger partial charge is 0.338 e. The highest BCUT2D eigenvalue weighted by Crippen LogP contribution is 2.19. The highest BCUT2D eigenvalue weighted by molar-refractivity contribution is 7.16. The molecule has 0 fully saturated rings. The van der Waals surface area contributed by atoms with E-state index in [4.69, 9.17) is 4.74 Å². The molecule has 0 atom stereocenters.